The first-order valence-corrected chi connectivity index (χ1v) is 11.9. The molecule has 1 unspecified atom stereocenters. The van der Waals surface area contributed by atoms with E-state index < -0.39 is 15.5 Å². The topological polar surface area (TPSA) is 105 Å². The molecule has 2 aromatic carbocycles. The van der Waals surface area contributed by atoms with Crippen molar-refractivity contribution in [3.05, 3.63) is 78.1 Å². The van der Waals surface area contributed by atoms with E-state index in [2.05, 4.69) is 16.2 Å². The van der Waals surface area contributed by atoms with Crippen LogP contribution in [0.4, 0.5) is 5.69 Å². The average molecular weight is 461 g/mol. The number of fused-ring (bicyclic) bond motifs is 1. The summed E-state index contributed by atoms with van der Waals surface area (Å²) >= 11 is 0. The van der Waals surface area contributed by atoms with Gasteiger partial charge in [-0.3, -0.25) is 9.29 Å². The average Bonchev–Trinajstić information content (AvgIpc) is 3.33. The highest BCUT2D eigenvalue weighted by Gasteiger charge is 2.41. The van der Waals surface area contributed by atoms with Crippen molar-refractivity contribution in [1.29, 1.82) is 5.26 Å². The molecule has 1 atom stereocenters. The normalized spacial score (nSPS) is 17.4. The third-order valence-corrected chi connectivity index (χ3v) is 7.52. The number of oxime groups is 1. The number of rotatable bonds is 5. The Bertz CT molecular complexity index is 1350. The summed E-state index contributed by atoms with van der Waals surface area (Å²) in [7, 11) is -3.88. The van der Waals surface area contributed by atoms with Crippen LogP contribution in [0.5, 0.6) is 5.75 Å². The minimum atomic E-state index is -3.88. The van der Waals surface area contributed by atoms with Crippen LogP contribution in [0, 0.1) is 11.3 Å². The lowest BCUT2D eigenvalue weighted by molar-refractivity contribution is 0.139. The van der Waals surface area contributed by atoms with Crippen LogP contribution in [0.2, 0.25) is 0 Å². The first kappa shape index (κ1) is 21.0. The molecular weight excluding hydrogens is 440 g/mol. The maximum absolute atomic E-state index is 13.5. The monoisotopic (exact) mass is 460 g/mol. The molecule has 33 heavy (non-hydrogen) atoms. The standard InChI is InChI=1S/C24H20N4O4S/c25-14-18-6-8-19(9-7-18)21-15-26-16-22-24(21)31-11-10-28(22)33(29,30)23-13-20(27-32-23)12-17-4-2-1-3-5-17/h1-9,15-16,23H,10-13H2. The quantitative estimate of drug-likeness (QED) is 0.577. The molecule has 3 aromatic rings. The van der Waals surface area contributed by atoms with Crippen LogP contribution >= 0.6 is 0 Å². The molecule has 0 saturated carbocycles. The number of aromatic nitrogens is 1. The van der Waals surface area contributed by atoms with Crippen molar-refractivity contribution in [3.63, 3.8) is 0 Å². The second-order valence-corrected chi connectivity index (χ2v) is 9.75. The summed E-state index contributed by atoms with van der Waals surface area (Å²) in [5, 5.41) is 13.1. The van der Waals surface area contributed by atoms with Gasteiger partial charge in [-0.05, 0) is 23.3 Å². The van der Waals surface area contributed by atoms with Crippen LogP contribution in [-0.4, -0.2) is 37.7 Å². The van der Waals surface area contributed by atoms with Crippen LogP contribution < -0.4 is 9.04 Å². The van der Waals surface area contributed by atoms with Crippen molar-refractivity contribution in [3.8, 4) is 22.9 Å². The van der Waals surface area contributed by atoms with E-state index in [4.69, 9.17) is 14.8 Å². The molecule has 0 N–H and O–H groups in total. The summed E-state index contributed by atoms with van der Waals surface area (Å²) in [6.45, 7) is 0.353. The number of nitriles is 1. The number of nitrogens with zero attached hydrogens (tertiary/aromatic N) is 4. The first-order valence-electron chi connectivity index (χ1n) is 10.4. The molecule has 5 rings (SSSR count). The van der Waals surface area contributed by atoms with Crippen molar-refractivity contribution in [1.82, 2.24) is 4.98 Å². The van der Waals surface area contributed by atoms with Gasteiger partial charge in [-0.25, -0.2) is 8.42 Å². The number of ether oxygens (including phenoxy) is 1. The van der Waals surface area contributed by atoms with Gasteiger partial charge in [0, 0.05) is 24.6 Å². The summed E-state index contributed by atoms with van der Waals surface area (Å²) in [4.78, 5) is 9.64. The molecule has 0 radical (unpaired) electrons. The second kappa shape index (κ2) is 8.56. The molecule has 0 spiro atoms. The Morgan fingerprint density at radius 2 is 1.88 bits per heavy atom. The lowest BCUT2D eigenvalue weighted by Gasteiger charge is -2.32. The van der Waals surface area contributed by atoms with Gasteiger partial charge in [-0.15, -0.1) is 0 Å². The van der Waals surface area contributed by atoms with Crippen LogP contribution in [-0.2, 0) is 21.3 Å². The highest BCUT2D eigenvalue weighted by atomic mass is 32.2. The number of hydrogen-bond donors (Lipinski definition) is 0. The third kappa shape index (κ3) is 4.01. The Balaban J connectivity index is 1.40. The molecule has 1 aromatic heterocycles. The zero-order chi connectivity index (χ0) is 22.8. The number of pyridine rings is 1. The van der Waals surface area contributed by atoms with E-state index in [1.807, 2.05) is 30.3 Å². The zero-order valence-electron chi connectivity index (χ0n) is 17.6. The van der Waals surface area contributed by atoms with Crippen LogP contribution in [0.3, 0.4) is 0 Å². The minimum Gasteiger partial charge on any atom is -0.489 e. The fourth-order valence-corrected chi connectivity index (χ4v) is 5.52. The van der Waals surface area contributed by atoms with Gasteiger partial charge in [-0.2, -0.15) is 5.26 Å². The predicted octanol–water partition coefficient (Wildman–Crippen LogP) is 3.49. The summed E-state index contributed by atoms with van der Waals surface area (Å²) in [5.41, 5.74) is 2.97. The highest BCUT2D eigenvalue weighted by molar-refractivity contribution is 7.93. The largest absolute Gasteiger partial charge is 0.489 e. The number of hydrogen-bond acceptors (Lipinski definition) is 7. The lowest BCUT2D eigenvalue weighted by Crippen LogP contribution is -2.43. The van der Waals surface area contributed by atoms with Gasteiger partial charge in [0.15, 0.2) is 5.75 Å². The molecule has 0 amide bonds. The Labute approximate surface area is 191 Å². The summed E-state index contributed by atoms with van der Waals surface area (Å²) < 4.78 is 34.2. The summed E-state index contributed by atoms with van der Waals surface area (Å²) in [6.07, 6.45) is 3.85. The molecule has 166 valence electrons. The lowest BCUT2D eigenvalue weighted by atomic mass is 10.0. The van der Waals surface area contributed by atoms with E-state index in [0.29, 0.717) is 34.7 Å². The second-order valence-electron chi connectivity index (χ2n) is 7.75. The van der Waals surface area contributed by atoms with Gasteiger partial charge in [0.2, 0.25) is 0 Å². The molecule has 9 heteroatoms. The number of anilines is 1. The van der Waals surface area contributed by atoms with E-state index in [0.717, 1.165) is 11.1 Å². The van der Waals surface area contributed by atoms with Gasteiger partial charge in [-0.1, -0.05) is 47.6 Å². The van der Waals surface area contributed by atoms with Crippen molar-refractivity contribution in [2.24, 2.45) is 5.16 Å². The number of benzene rings is 2. The molecule has 8 nitrogen and oxygen atoms in total. The van der Waals surface area contributed by atoms with E-state index in [-0.39, 0.29) is 19.6 Å². The highest BCUT2D eigenvalue weighted by Crippen LogP contribution is 2.42. The molecule has 2 aliphatic rings. The van der Waals surface area contributed by atoms with Crippen LogP contribution in [0.15, 0.2) is 72.1 Å². The van der Waals surface area contributed by atoms with Crippen molar-refractivity contribution < 1.29 is 18.0 Å². The molecule has 2 aliphatic heterocycles. The molecular formula is C24H20N4O4S. The van der Waals surface area contributed by atoms with Gasteiger partial charge in [0.05, 0.1) is 30.1 Å². The molecule has 0 fully saturated rings. The molecule has 0 bridgehead atoms. The molecule has 0 aliphatic carbocycles. The van der Waals surface area contributed by atoms with Crippen LogP contribution in [0.1, 0.15) is 17.5 Å². The SMILES string of the molecule is N#Cc1ccc(-c2cncc3c2OCCN3S(=O)(=O)C2CC(Cc3ccccc3)=NO2)cc1. The van der Waals surface area contributed by atoms with Gasteiger partial charge >= 0.3 is 0 Å². The smallest absolute Gasteiger partial charge is 0.276 e. The fourth-order valence-electron chi connectivity index (χ4n) is 3.95. The van der Waals surface area contributed by atoms with Crippen molar-refractivity contribution in [2.75, 3.05) is 17.5 Å². The molecule has 0 saturated heterocycles. The van der Waals surface area contributed by atoms with Gasteiger partial charge < -0.3 is 9.57 Å². The van der Waals surface area contributed by atoms with Gasteiger partial charge in [0.1, 0.15) is 12.3 Å². The summed E-state index contributed by atoms with van der Waals surface area (Å²) in [5.74, 6) is 0.438. The Morgan fingerprint density at radius 3 is 2.64 bits per heavy atom. The third-order valence-electron chi connectivity index (χ3n) is 5.60. The van der Waals surface area contributed by atoms with Crippen molar-refractivity contribution in [2.45, 2.75) is 18.3 Å². The Hall–Kier alpha value is -3.90. The predicted molar refractivity (Wildman–Crippen MR) is 123 cm³/mol. The van der Waals surface area contributed by atoms with E-state index >= 15 is 0 Å². The molecule has 3 heterocycles. The number of sulfonamides is 1. The first-order chi connectivity index (χ1) is 16.1. The van der Waals surface area contributed by atoms with Gasteiger partial charge in [0.25, 0.3) is 15.5 Å². The maximum Gasteiger partial charge on any atom is 0.276 e. The minimum absolute atomic E-state index is 0.154. The summed E-state index contributed by atoms with van der Waals surface area (Å²) in [6, 6.07) is 18.8. The van der Waals surface area contributed by atoms with E-state index in [1.165, 1.54) is 10.5 Å². The van der Waals surface area contributed by atoms with E-state index in [9.17, 15) is 8.42 Å². The zero-order valence-corrected chi connectivity index (χ0v) is 18.4. The van der Waals surface area contributed by atoms with E-state index in [1.54, 1.807) is 30.5 Å². The maximum atomic E-state index is 13.5. The fraction of sp³-hybridized carbons (Fsp3) is 0.208. The van der Waals surface area contributed by atoms with Crippen molar-refractivity contribution >= 4 is 21.4 Å². The van der Waals surface area contributed by atoms with Crippen LogP contribution in [0.25, 0.3) is 11.1 Å². The Kier molecular flexibility index (Phi) is 5.44. The Morgan fingerprint density at radius 1 is 1.09 bits per heavy atom.